The molecule has 0 spiro atoms. The fourth-order valence-electron chi connectivity index (χ4n) is 2.24. The minimum absolute atomic E-state index is 0.129. The van der Waals surface area contributed by atoms with E-state index in [0.717, 1.165) is 24.6 Å². The Labute approximate surface area is 126 Å². The van der Waals surface area contributed by atoms with Gasteiger partial charge in [0, 0.05) is 13.1 Å². The van der Waals surface area contributed by atoms with Gasteiger partial charge in [0.2, 0.25) is 0 Å². The molecule has 118 valence electrons. The van der Waals surface area contributed by atoms with Crippen molar-refractivity contribution in [2.75, 3.05) is 39.5 Å². The summed E-state index contributed by atoms with van der Waals surface area (Å²) in [5.41, 5.74) is 0. The minimum atomic E-state index is 0.129. The smallest absolute Gasteiger partial charge is 0.161 e. The first-order chi connectivity index (χ1) is 10.3. The zero-order chi connectivity index (χ0) is 14.9. The quantitative estimate of drug-likeness (QED) is 0.742. The molecule has 5 nitrogen and oxygen atoms in total. The second kappa shape index (κ2) is 8.87. The van der Waals surface area contributed by atoms with Crippen molar-refractivity contribution in [1.29, 1.82) is 0 Å². The highest BCUT2D eigenvalue weighted by atomic mass is 16.6. The molecule has 2 atom stereocenters. The van der Waals surface area contributed by atoms with E-state index in [1.54, 1.807) is 0 Å². The van der Waals surface area contributed by atoms with Crippen LogP contribution in [0.5, 0.6) is 11.5 Å². The van der Waals surface area contributed by atoms with Crippen LogP contribution < -0.4 is 14.8 Å². The zero-order valence-corrected chi connectivity index (χ0v) is 12.8. The molecule has 1 aromatic rings. The van der Waals surface area contributed by atoms with Gasteiger partial charge < -0.3 is 24.3 Å². The van der Waals surface area contributed by atoms with Crippen LogP contribution in [-0.2, 0) is 9.47 Å². The second-order valence-electron chi connectivity index (χ2n) is 5.03. The highest BCUT2D eigenvalue weighted by Crippen LogP contribution is 2.26. The van der Waals surface area contributed by atoms with Gasteiger partial charge in [-0.05, 0) is 26.0 Å². The minimum Gasteiger partial charge on any atom is -0.490 e. The van der Waals surface area contributed by atoms with Gasteiger partial charge in [0.1, 0.15) is 6.61 Å². The van der Waals surface area contributed by atoms with Gasteiger partial charge in [-0.1, -0.05) is 12.1 Å². The highest BCUT2D eigenvalue weighted by molar-refractivity contribution is 5.39. The van der Waals surface area contributed by atoms with E-state index >= 15 is 0 Å². The Balaban J connectivity index is 1.63. The van der Waals surface area contributed by atoms with Crippen molar-refractivity contribution in [3.8, 4) is 11.5 Å². The van der Waals surface area contributed by atoms with Gasteiger partial charge in [-0.3, -0.25) is 0 Å². The molecule has 0 amide bonds. The molecule has 1 aliphatic heterocycles. The molecular weight excluding hydrogens is 270 g/mol. The number of hydrogen-bond donors (Lipinski definition) is 1. The summed E-state index contributed by atoms with van der Waals surface area (Å²) in [6.07, 6.45) is 0.381. The SMILES string of the molecule is CCOc1ccccc1OCCOCC1CNCC(C)O1. The van der Waals surface area contributed by atoms with E-state index < -0.39 is 0 Å². The summed E-state index contributed by atoms with van der Waals surface area (Å²) in [7, 11) is 0. The second-order valence-corrected chi connectivity index (χ2v) is 5.03. The topological polar surface area (TPSA) is 49.0 Å². The third-order valence-corrected chi connectivity index (χ3v) is 3.17. The normalized spacial score (nSPS) is 22.0. The maximum atomic E-state index is 5.75. The van der Waals surface area contributed by atoms with Crippen molar-refractivity contribution in [3.63, 3.8) is 0 Å². The van der Waals surface area contributed by atoms with E-state index in [0.29, 0.717) is 26.4 Å². The van der Waals surface area contributed by atoms with Gasteiger partial charge >= 0.3 is 0 Å². The Morgan fingerprint density at radius 1 is 1.14 bits per heavy atom. The lowest BCUT2D eigenvalue weighted by Crippen LogP contribution is -2.45. The van der Waals surface area contributed by atoms with Gasteiger partial charge in [0.15, 0.2) is 11.5 Å². The number of morpholine rings is 1. The van der Waals surface area contributed by atoms with E-state index in [4.69, 9.17) is 18.9 Å². The molecule has 5 heteroatoms. The Kier molecular flexibility index (Phi) is 6.79. The van der Waals surface area contributed by atoms with Gasteiger partial charge in [-0.2, -0.15) is 0 Å². The molecule has 0 saturated carbocycles. The van der Waals surface area contributed by atoms with Crippen molar-refractivity contribution in [1.82, 2.24) is 5.32 Å². The van der Waals surface area contributed by atoms with Crippen LogP contribution in [0.1, 0.15) is 13.8 Å². The van der Waals surface area contributed by atoms with Crippen molar-refractivity contribution in [3.05, 3.63) is 24.3 Å². The van der Waals surface area contributed by atoms with Crippen molar-refractivity contribution < 1.29 is 18.9 Å². The molecule has 2 unspecified atom stereocenters. The van der Waals surface area contributed by atoms with Gasteiger partial charge in [-0.15, -0.1) is 0 Å². The van der Waals surface area contributed by atoms with Gasteiger partial charge in [0.05, 0.1) is 32.0 Å². The summed E-state index contributed by atoms with van der Waals surface area (Å²) < 4.78 is 22.6. The van der Waals surface area contributed by atoms with Crippen molar-refractivity contribution in [2.45, 2.75) is 26.1 Å². The molecule has 1 aromatic carbocycles. The molecule has 0 bridgehead atoms. The van der Waals surface area contributed by atoms with E-state index in [9.17, 15) is 0 Å². The maximum absolute atomic E-state index is 5.75. The molecule has 1 fully saturated rings. The van der Waals surface area contributed by atoms with Crippen molar-refractivity contribution in [2.24, 2.45) is 0 Å². The van der Waals surface area contributed by atoms with Crippen LogP contribution in [0.3, 0.4) is 0 Å². The van der Waals surface area contributed by atoms with E-state index in [2.05, 4.69) is 12.2 Å². The summed E-state index contributed by atoms with van der Waals surface area (Å²) in [5.74, 6) is 1.53. The molecule has 1 N–H and O–H groups in total. The molecule has 0 radical (unpaired) electrons. The van der Waals surface area contributed by atoms with Crippen LogP contribution in [0.4, 0.5) is 0 Å². The number of hydrogen-bond acceptors (Lipinski definition) is 5. The van der Waals surface area contributed by atoms with Crippen LogP contribution in [0.15, 0.2) is 24.3 Å². The summed E-state index contributed by atoms with van der Waals surface area (Å²) >= 11 is 0. The lowest BCUT2D eigenvalue weighted by molar-refractivity contribution is -0.0710. The summed E-state index contributed by atoms with van der Waals surface area (Å²) in [6, 6.07) is 7.67. The zero-order valence-electron chi connectivity index (χ0n) is 12.8. The Morgan fingerprint density at radius 2 is 1.90 bits per heavy atom. The van der Waals surface area contributed by atoms with Crippen LogP contribution in [-0.4, -0.2) is 51.7 Å². The Hall–Kier alpha value is -1.30. The number of nitrogens with one attached hydrogen (secondary N) is 1. The molecule has 1 heterocycles. The van der Waals surface area contributed by atoms with Crippen LogP contribution >= 0.6 is 0 Å². The first-order valence-electron chi connectivity index (χ1n) is 7.58. The lowest BCUT2D eigenvalue weighted by Gasteiger charge is -2.28. The third kappa shape index (κ3) is 5.53. The van der Waals surface area contributed by atoms with E-state index in [1.165, 1.54) is 0 Å². The van der Waals surface area contributed by atoms with E-state index in [1.807, 2.05) is 31.2 Å². The average molecular weight is 295 g/mol. The predicted molar refractivity (Wildman–Crippen MR) is 81.1 cm³/mol. The highest BCUT2D eigenvalue weighted by Gasteiger charge is 2.18. The Bertz CT molecular complexity index is 413. The third-order valence-electron chi connectivity index (χ3n) is 3.17. The summed E-state index contributed by atoms with van der Waals surface area (Å²) in [4.78, 5) is 0. The first kappa shape index (κ1) is 16.1. The maximum Gasteiger partial charge on any atom is 0.161 e. The Morgan fingerprint density at radius 3 is 2.62 bits per heavy atom. The van der Waals surface area contributed by atoms with E-state index in [-0.39, 0.29) is 12.2 Å². The average Bonchev–Trinajstić information content (AvgIpc) is 2.49. The standard InChI is InChI=1S/C16H25NO4/c1-3-19-15-6-4-5-7-16(15)20-9-8-18-12-14-11-17-10-13(2)21-14/h4-7,13-14,17H,3,8-12H2,1-2H3. The van der Waals surface area contributed by atoms with Crippen LogP contribution in [0.25, 0.3) is 0 Å². The van der Waals surface area contributed by atoms with Crippen molar-refractivity contribution >= 4 is 0 Å². The monoisotopic (exact) mass is 295 g/mol. The van der Waals surface area contributed by atoms with Gasteiger partial charge in [-0.25, -0.2) is 0 Å². The predicted octanol–water partition coefficient (Wildman–Crippen LogP) is 1.86. The molecule has 0 aliphatic carbocycles. The lowest BCUT2D eigenvalue weighted by atomic mass is 10.2. The molecule has 0 aromatic heterocycles. The van der Waals surface area contributed by atoms with Crippen LogP contribution in [0.2, 0.25) is 0 Å². The summed E-state index contributed by atoms with van der Waals surface area (Å²) in [5, 5.41) is 3.32. The molecule has 1 aliphatic rings. The summed E-state index contributed by atoms with van der Waals surface area (Å²) in [6.45, 7) is 8.03. The fraction of sp³-hybridized carbons (Fsp3) is 0.625. The fourth-order valence-corrected chi connectivity index (χ4v) is 2.24. The van der Waals surface area contributed by atoms with Gasteiger partial charge in [0.25, 0.3) is 0 Å². The molecule has 21 heavy (non-hydrogen) atoms. The first-order valence-corrected chi connectivity index (χ1v) is 7.58. The number of rotatable bonds is 8. The number of benzene rings is 1. The largest absolute Gasteiger partial charge is 0.490 e. The molecular formula is C16H25NO4. The van der Waals surface area contributed by atoms with Crippen LogP contribution in [0, 0.1) is 0 Å². The number of para-hydroxylation sites is 2. The molecule has 1 saturated heterocycles. The number of ether oxygens (including phenoxy) is 4. The molecule has 2 rings (SSSR count).